The number of benzene rings is 1. The van der Waals surface area contributed by atoms with Gasteiger partial charge < -0.3 is 4.74 Å². The molecule has 90 valence electrons. The summed E-state index contributed by atoms with van der Waals surface area (Å²) in [4.78, 5) is 11.8. The van der Waals surface area contributed by atoms with Crippen molar-refractivity contribution in [2.75, 3.05) is 0 Å². The molecule has 0 fully saturated rings. The fourth-order valence-corrected chi connectivity index (χ4v) is 1.43. The molecule has 0 saturated carbocycles. The number of carbonyl (C=O) groups excluding carboxylic acids is 1. The first-order valence-corrected chi connectivity index (χ1v) is 5.77. The standard InChI is InChI=1S/C15H18O2/c1-3-5-7-12-14(4-2)17-15(16)13-10-8-6-9-11-13/h3-6,8-11,14H,2,7,12H2,1H3. The summed E-state index contributed by atoms with van der Waals surface area (Å²) >= 11 is 0. The number of carbonyl (C=O) groups is 1. The van der Waals surface area contributed by atoms with E-state index in [2.05, 4.69) is 6.58 Å². The van der Waals surface area contributed by atoms with Crippen molar-refractivity contribution in [2.24, 2.45) is 0 Å². The first-order valence-electron chi connectivity index (χ1n) is 5.77. The molecule has 0 bridgehead atoms. The molecule has 17 heavy (non-hydrogen) atoms. The molecule has 2 nitrogen and oxygen atoms in total. The van der Waals surface area contributed by atoms with Gasteiger partial charge in [-0.3, -0.25) is 0 Å². The van der Waals surface area contributed by atoms with Gasteiger partial charge in [0.05, 0.1) is 5.56 Å². The van der Waals surface area contributed by atoms with Crippen LogP contribution < -0.4 is 0 Å². The molecule has 1 aromatic carbocycles. The van der Waals surface area contributed by atoms with E-state index in [0.717, 1.165) is 12.8 Å². The summed E-state index contributed by atoms with van der Waals surface area (Å²) in [6, 6.07) is 9.00. The van der Waals surface area contributed by atoms with Crippen molar-refractivity contribution in [2.45, 2.75) is 25.9 Å². The van der Waals surface area contributed by atoms with Gasteiger partial charge in [0, 0.05) is 0 Å². The summed E-state index contributed by atoms with van der Waals surface area (Å²) in [5.74, 6) is -0.295. The summed E-state index contributed by atoms with van der Waals surface area (Å²) in [5.41, 5.74) is 0.574. The molecule has 1 atom stereocenters. The second-order valence-electron chi connectivity index (χ2n) is 3.69. The van der Waals surface area contributed by atoms with E-state index >= 15 is 0 Å². The van der Waals surface area contributed by atoms with Gasteiger partial charge >= 0.3 is 5.97 Å². The van der Waals surface area contributed by atoms with E-state index in [1.165, 1.54) is 0 Å². The SMILES string of the molecule is C=CC(CCC=CC)OC(=O)c1ccccc1. The fraction of sp³-hybridized carbons (Fsp3) is 0.267. The average Bonchev–Trinajstić information content (AvgIpc) is 2.38. The quantitative estimate of drug-likeness (QED) is 0.549. The van der Waals surface area contributed by atoms with Crippen LogP contribution in [0.1, 0.15) is 30.1 Å². The van der Waals surface area contributed by atoms with Gasteiger partial charge in [0.1, 0.15) is 6.10 Å². The highest BCUT2D eigenvalue weighted by Crippen LogP contribution is 2.09. The predicted octanol–water partition coefficient (Wildman–Crippen LogP) is 3.75. The Hall–Kier alpha value is -1.83. The summed E-state index contributed by atoms with van der Waals surface area (Å²) in [6.07, 6.45) is 7.14. The normalized spacial score (nSPS) is 12.3. The number of hydrogen-bond acceptors (Lipinski definition) is 2. The van der Waals surface area contributed by atoms with Crippen LogP contribution in [0.4, 0.5) is 0 Å². The van der Waals surface area contributed by atoms with Gasteiger partial charge in [-0.15, -0.1) is 0 Å². The molecule has 1 rings (SSSR count). The lowest BCUT2D eigenvalue weighted by Crippen LogP contribution is -2.15. The minimum atomic E-state index is -0.295. The molecule has 0 N–H and O–H groups in total. The molecule has 0 heterocycles. The molecule has 0 saturated heterocycles. The topological polar surface area (TPSA) is 26.3 Å². The second kappa shape index (κ2) is 7.44. The predicted molar refractivity (Wildman–Crippen MR) is 69.9 cm³/mol. The van der Waals surface area contributed by atoms with Crippen LogP contribution in [0, 0.1) is 0 Å². The zero-order valence-corrected chi connectivity index (χ0v) is 10.1. The van der Waals surface area contributed by atoms with Crippen LogP contribution in [0.5, 0.6) is 0 Å². The van der Waals surface area contributed by atoms with Gasteiger partial charge in [-0.1, -0.05) is 43.0 Å². The molecule has 2 heteroatoms. The molecule has 1 unspecified atom stereocenters. The summed E-state index contributed by atoms with van der Waals surface area (Å²) in [7, 11) is 0. The zero-order chi connectivity index (χ0) is 12.5. The number of hydrogen-bond donors (Lipinski definition) is 0. The molecule has 0 aliphatic carbocycles. The molecular formula is C15H18O2. The first-order chi connectivity index (χ1) is 8.27. The van der Waals surface area contributed by atoms with Gasteiger partial charge in [0.15, 0.2) is 0 Å². The third-order valence-corrected chi connectivity index (χ3v) is 2.38. The van der Waals surface area contributed by atoms with Crippen LogP contribution in [-0.4, -0.2) is 12.1 Å². The maximum absolute atomic E-state index is 11.8. The van der Waals surface area contributed by atoms with Crippen molar-refractivity contribution in [3.8, 4) is 0 Å². The van der Waals surface area contributed by atoms with Crippen molar-refractivity contribution in [1.82, 2.24) is 0 Å². The molecular weight excluding hydrogens is 212 g/mol. The number of esters is 1. The molecule has 0 aromatic heterocycles. The lowest BCUT2D eigenvalue weighted by Gasteiger charge is -2.12. The Morgan fingerprint density at radius 3 is 2.71 bits per heavy atom. The Labute approximate surface area is 103 Å². The summed E-state index contributed by atoms with van der Waals surface area (Å²) < 4.78 is 5.34. The largest absolute Gasteiger partial charge is 0.455 e. The Morgan fingerprint density at radius 1 is 1.41 bits per heavy atom. The molecule has 0 spiro atoms. The lowest BCUT2D eigenvalue weighted by atomic mass is 10.2. The molecule has 0 aliphatic rings. The first kappa shape index (κ1) is 13.2. The Morgan fingerprint density at radius 2 is 2.12 bits per heavy atom. The van der Waals surface area contributed by atoms with Crippen LogP contribution in [0.15, 0.2) is 55.1 Å². The Balaban J connectivity index is 2.51. The highest BCUT2D eigenvalue weighted by atomic mass is 16.5. The van der Waals surface area contributed by atoms with Crippen LogP contribution in [0.25, 0.3) is 0 Å². The summed E-state index contributed by atoms with van der Waals surface area (Å²) in [6.45, 7) is 5.66. The third kappa shape index (κ3) is 4.68. The smallest absolute Gasteiger partial charge is 0.338 e. The van der Waals surface area contributed by atoms with Crippen LogP contribution in [0.2, 0.25) is 0 Å². The molecule has 0 aliphatic heterocycles. The maximum Gasteiger partial charge on any atom is 0.338 e. The van der Waals surface area contributed by atoms with E-state index in [4.69, 9.17) is 4.74 Å². The van der Waals surface area contributed by atoms with Crippen molar-refractivity contribution < 1.29 is 9.53 Å². The van der Waals surface area contributed by atoms with Crippen LogP contribution >= 0.6 is 0 Å². The maximum atomic E-state index is 11.8. The van der Waals surface area contributed by atoms with Crippen LogP contribution in [-0.2, 0) is 4.74 Å². The highest BCUT2D eigenvalue weighted by molar-refractivity contribution is 5.89. The molecule has 1 aromatic rings. The second-order valence-corrected chi connectivity index (χ2v) is 3.69. The molecule has 0 amide bonds. The monoisotopic (exact) mass is 230 g/mol. The lowest BCUT2D eigenvalue weighted by molar-refractivity contribution is 0.0383. The number of ether oxygens (including phenoxy) is 1. The highest BCUT2D eigenvalue weighted by Gasteiger charge is 2.11. The van der Waals surface area contributed by atoms with Gasteiger partial charge in [-0.05, 0) is 31.9 Å². The van der Waals surface area contributed by atoms with E-state index in [-0.39, 0.29) is 12.1 Å². The Bertz CT molecular complexity index is 379. The zero-order valence-electron chi connectivity index (χ0n) is 10.1. The Kier molecular flexibility index (Phi) is 5.80. The molecule has 0 radical (unpaired) electrons. The number of rotatable bonds is 6. The van der Waals surface area contributed by atoms with E-state index in [0.29, 0.717) is 5.56 Å². The van der Waals surface area contributed by atoms with Gasteiger partial charge in [0.2, 0.25) is 0 Å². The van der Waals surface area contributed by atoms with Crippen molar-refractivity contribution in [3.63, 3.8) is 0 Å². The fourth-order valence-electron chi connectivity index (χ4n) is 1.43. The van der Waals surface area contributed by atoms with E-state index < -0.39 is 0 Å². The summed E-state index contributed by atoms with van der Waals surface area (Å²) in [5, 5.41) is 0. The van der Waals surface area contributed by atoms with E-state index in [1.807, 2.05) is 37.3 Å². The van der Waals surface area contributed by atoms with E-state index in [1.54, 1.807) is 18.2 Å². The van der Waals surface area contributed by atoms with Gasteiger partial charge in [-0.25, -0.2) is 4.79 Å². The minimum Gasteiger partial charge on any atom is -0.455 e. The van der Waals surface area contributed by atoms with Gasteiger partial charge in [-0.2, -0.15) is 0 Å². The van der Waals surface area contributed by atoms with E-state index in [9.17, 15) is 4.79 Å². The average molecular weight is 230 g/mol. The van der Waals surface area contributed by atoms with Crippen molar-refractivity contribution in [1.29, 1.82) is 0 Å². The van der Waals surface area contributed by atoms with Gasteiger partial charge in [0.25, 0.3) is 0 Å². The third-order valence-electron chi connectivity index (χ3n) is 2.38. The number of allylic oxidation sites excluding steroid dienone is 2. The minimum absolute atomic E-state index is 0.223. The van der Waals surface area contributed by atoms with Crippen LogP contribution in [0.3, 0.4) is 0 Å². The van der Waals surface area contributed by atoms with Crippen molar-refractivity contribution in [3.05, 3.63) is 60.7 Å². The van der Waals surface area contributed by atoms with Crippen molar-refractivity contribution >= 4 is 5.97 Å².